The van der Waals surface area contributed by atoms with E-state index >= 15 is 0 Å². The highest BCUT2D eigenvalue weighted by atomic mass is 32.1. The molecule has 0 saturated carbocycles. The van der Waals surface area contributed by atoms with Crippen LogP contribution in [-0.2, 0) is 11.4 Å². The molecule has 1 aliphatic heterocycles. The van der Waals surface area contributed by atoms with E-state index in [2.05, 4.69) is 5.32 Å². The minimum Gasteiger partial charge on any atom is -0.496 e. The Bertz CT molecular complexity index is 1110. The van der Waals surface area contributed by atoms with E-state index in [0.717, 1.165) is 12.8 Å². The molecule has 0 atom stereocenters. The molecule has 0 radical (unpaired) electrons. The number of hydrogen-bond acceptors (Lipinski definition) is 4. The summed E-state index contributed by atoms with van der Waals surface area (Å²) < 4.78 is 78.0. The highest BCUT2D eigenvalue weighted by Gasteiger charge is 2.30. The topological polar surface area (TPSA) is 50.8 Å². The number of rotatable bonds is 8. The van der Waals surface area contributed by atoms with Gasteiger partial charge in [-0.05, 0) is 42.4 Å². The largest absolute Gasteiger partial charge is 0.496 e. The Hall–Kier alpha value is -3.21. The molecule has 1 aliphatic rings. The predicted molar refractivity (Wildman–Crippen MR) is 114 cm³/mol. The number of amides is 1. The maximum atomic E-state index is 13.9. The summed E-state index contributed by atoms with van der Waals surface area (Å²) in [4.78, 5) is 14.0. The number of unbranched alkanes of at least 4 members (excludes halogenated alkanes) is 1. The monoisotopic (exact) mass is 486 g/mol. The normalized spacial score (nSPS) is 14.8. The third-order valence-electron chi connectivity index (χ3n) is 4.85. The molecule has 1 amide bonds. The Morgan fingerprint density at radius 1 is 1.06 bits per heavy atom. The lowest BCUT2D eigenvalue weighted by Gasteiger charge is -2.13. The average Bonchev–Trinajstić information content (AvgIpc) is 3.07. The van der Waals surface area contributed by atoms with Crippen molar-refractivity contribution in [2.45, 2.75) is 26.4 Å². The average molecular weight is 486 g/mol. The molecule has 0 aromatic heterocycles. The van der Waals surface area contributed by atoms with Crippen molar-refractivity contribution in [1.82, 2.24) is 10.2 Å². The highest BCUT2D eigenvalue weighted by molar-refractivity contribution is 7.80. The van der Waals surface area contributed by atoms with E-state index in [1.165, 1.54) is 30.2 Å². The van der Waals surface area contributed by atoms with Crippen LogP contribution in [0.1, 0.15) is 30.9 Å². The molecular weight excluding hydrogens is 467 g/mol. The number of nitrogens with one attached hydrogen (secondary N) is 1. The third-order valence-corrected chi connectivity index (χ3v) is 5.18. The van der Waals surface area contributed by atoms with Crippen LogP contribution in [0, 0.1) is 29.1 Å². The van der Waals surface area contributed by atoms with E-state index in [9.17, 15) is 26.7 Å². The number of carbonyl (C=O) groups excluding carboxylic acids is 1. The lowest BCUT2D eigenvalue weighted by molar-refractivity contribution is -0.122. The summed E-state index contributed by atoms with van der Waals surface area (Å²) in [5.41, 5.74) is 0.961. The van der Waals surface area contributed by atoms with Crippen molar-refractivity contribution in [3.63, 3.8) is 0 Å². The second-order valence-electron chi connectivity index (χ2n) is 7.06. The smallest absolute Gasteiger partial charge is 0.276 e. The Kier molecular flexibility index (Phi) is 7.52. The molecule has 0 unspecified atom stereocenters. The van der Waals surface area contributed by atoms with Crippen LogP contribution in [0.25, 0.3) is 6.08 Å². The zero-order valence-corrected chi connectivity index (χ0v) is 18.4. The van der Waals surface area contributed by atoms with Gasteiger partial charge in [-0.25, -0.2) is 13.2 Å². The summed E-state index contributed by atoms with van der Waals surface area (Å²) in [6.07, 6.45) is 3.18. The van der Waals surface area contributed by atoms with Gasteiger partial charge in [-0.1, -0.05) is 19.4 Å². The first-order valence-electron chi connectivity index (χ1n) is 9.85. The zero-order valence-electron chi connectivity index (χ0n) is 17.6. The molecule has 3 rings (SSSR count). The van der Waals surface area contributed by atoms with Gasteiger partial charge in [0, 0.05) is 12.1 Å². The summed E-state index contributed by atoms with van der Waals surface area (Å²) in [5, 5.41) is 3.12. The number of thiocarbonyl (C=S) groups is 1. The van der Waals surface area contributed by atoms with Gasteiger partial charge in [0.25, 0.3) is 5.91 Å². The fourth-order valence-corrected chi connectivity index (χ4v) is 3.40. The van der Waals surface area contributed by atoms with Crippen molar-refractivity contribution >= 4 is 29.3 Å². The minimum absolute atomic E-state index is 0.230. The Balaban J connectivity index is 1.87. The number of carbonyl (C=O) groups is 1. The number of ether oxygens (including phenoxy) is 2. The first-order chi connectivity index (χ1) is 15.7. The van der Waals surface area contributed by atoms with E-state index in [1.54, 1.807) is 6.07 Å². The van der Waals surface area contributed by atoms with Crippen LogP contribution < -0.4 is 14.8 Å². The van der Waals surface area contributed by atoms with Crippen molar-refractivity contribution in [2.24, 2.45) is 0 Å². The van der Waals surface area contributed by atoms with Gasteiger partial charge < -0.3 is 14.8 Å². The van der Waals surface area contributed by atoms with Crippen LogP contribution >= 0.6 is 12.2 Å². The standard InChI is InChI=1S/C22H19F5N2O3S/c1-3-4-7-29-21(30)13(28-22(29)33)9-11-5-6-14(31-2)12(8-11)10-32-20-18(26)16(24)15(23)17(25)19(20)27/h5-6,8-9H,3-4,7,10H2,1-2H3,(H,28,33)/b13-9+. The Morgan fingerprint density at radius 2 is 1.70 bits per heavy atom. The number of methoxy groups -OCH3 is 1. The van der Waals surface area contributed by atoms with Gasteiger partial charge in [-0.2, -0.15) is 8.78 Å². The molecule has 176 valence electrons. The summed E-state index contributed by atoms with van der Waals surface area (Å²) >= 11 is 5.19. The molecule has 5 nitrogen and oxygen atoms in total. The van der Waals surface area contributed by atoms with Gasteiger partial charge in [0.1, 0.15) is 18.1 Å². The molecule has 1 fully saturated rings. The second-order valence-corrected chi connectivity index (χ2v) is 7.44. The van der Waals surface area contributed by atoms with Crippen LogP contribution in [0.2, 0.25) is 0 Å². The molecule has 11 heteroatoms. The molecule has 0 spiro atoms. The van der Waals surface area contributed by atoms with Crippen LogP contribution in [0.15, 0.2) is 23.9 Å². The lowest BCUT2D eigenvalue weighted by atomic mass is 10.1. The van der Waals surface area contributed by atoms with E-state index in [4.69, 9.17) is 21.7 Å². The highest BCUT2D eigenvalue weighted by Crippen LogP contribution is 2.31. The van der Waals surface area contributed by atoms with Crippen molar-refractivity contribution in [3.05, 3.63) is 64.1 Å². The lowest BCUT2D eigenvalue weighted by Crippen LogP contribution is -2.31. The first-order valence-corrected chi connectivity index (χ1v) is 10.3. The van der Waals surface area contributed by atoms with Crippen LogP contribution in [0.4, 0.5) is 22.0 Å². The van der Waals surface area contributed by atoms with E-state index in [1.807, 2.05) is 6.92 Å². The molecule has 1 heterocycles. The molecule has 1 saturated heterocycles. The molecule has 33 heavy (non-hydrogen) atoms. The maximum absolute atomic E-state index is 13.9. The summed E-state index contributed by atoms with van der Waals surface area (Å²) in [6, 6.07) is 4.61. The van der Waals surface area contributed by atoms with Crippen molar-refractivity contribution in [1.29, 1.82) is 0 Å². The van der Waals surface area contributed by atoms with Crippen LogP contribution in [0.3, 0.4) is 0 Å². The van der Waals surface area contributed by atoms with Gasteiger partial charge in [-0.3, -0.25) is 9.69 Å². The third kappa shape index (κ3) is 4.92. The predicted octanol–water partition coefficient (Wildman–Crippen LogP) is 4.83. The van der Waals surface area contributed by atoms with Crippen molar-refractivity contribution in [3.8, 4) is 11.5 Å². The molecular formula is C22H19F5N2O3S. The van der Waals surface area contributed by atoms with E-state index < -0.39 is 41.4 Å². The van der Waals surface area contributed by atoms with Gasteiger partial charge in [0.05, 0.1) is 7.11 Å². The SMILES string of the molecule is CCCCN1C(=O)/C(=C\c2ccc(OC)c(COc3c(F)c(F)c(F)c(F)c3F)c2)NC1=S. The van der Waals surface area contributed by atoms with E-state index in [0.29, 0.717) is 12.1 Å². The van der Waals surface area contributed by atoms with Gasteiger partial charge in [-0.15, -0.1) is 0 Å². The fourth-order valence-electron chi connectivity index (χ4n) is 3.12. The van der Waals surface area contributed by atoms with Crippen molar-refractivity contribution < 1.29 is 36.2 Å². The molecule has 2 aromatic rings. The Morgan fingerprint density at radius 3 is 2.30 bits per heavy atom. The van der Waals surface area contributed by atoms with E-state index in [-0.39, 0.29) is 28.0 Å². The van der Waals surface area contributed by atoms with Gasteiger partial charge in [0.15, 0.2) is 10.9 Å². The molecule has 2 aromatic carbocycles. The summed E-state index contributed by atoms with van der Waals surface area (Å²) in [6.45, 7) is 1.89. The number of benzene rings is 2. The molecule has 1 N–H and O–H groups in total. The first kappa shape index (κ1) is 24.4. The van der Waals surface area contributed by atoms with Crippen molar-refractivity contribution in [2.75, 3.05) is 13.7 Å². The molecule has 0 bridgehead atoms. The quantitative estimate of drug-likeness (QED) is 0.191. The zero-order chi connectivity index (χ0) is 24.3. The molecule has 0 aliphatic carbocycles. The summed E-state index contributed by atoms with van der Waals surface area (Å²) in [5.74, 6) is -12.1. The number of nitrogens with zero attached hydrogens (tertiary/aromatic N) is 1. The number of halogens is 5. The minimum atomic E-state index is -2.27. The Labute approximate surface area is 191 Å². The summed E-state index contributed by atoms with van der Waals surface area (Å²) in [7, 11) is 1.33. The second kappa shape index (κ2) is 10.2. The van der Waals surface area contributed by atoms with Crippen LogP contribution in [0.5, 0.6) is 11.5 Å². The number of hydrogen-bond donors (Lipinski definition) is 1. The van der Waals surface area contributed by atoms with Gasteiger partial charge in [0.2, 0.25) is 29.1 Å². The maximum Gasteiger partial charge on any atom is 0.276 e. The van der Waals surface area contributed by atoms with Crippen LogP contribution in [-0.4, -0.2) is 29.6 Å². The fraction of sp³-hybridized carbons (Fsp3) is 0.273. The van der Waals surface area contributed by atoms with Gasteiger partial charge >= 0.3 is 0 Å².